The summed E-state index contributed by atoms with van der Waals surface area (Å²) < 4.78 is 24.5. The van der Waals surface area contributed by atoms with E-state index in [1.165, 1.54) is 6.26 Å². The van der Waals surface area contributed by atoms with Crippen molar-refractivity contribution in [3.63, 3.8) is 0 Å². The molecule has 18 heavy (non-hydrogen) atoms. The second-order valence-electron chi connectivity index (χ2n) is 5.21. The van der Waals surface area contributed by atoms with Crippen molar-refractivity contribution in [2.24, 2.45) is 0 Å². The highest BCUT2D eigenvalue weighted by Gasteiger charge is 2.29. The fourth-order valence-electron chi connectivity index (χ4n) is 1.56. The monoisotopic (exact) mass is 273 g/mol. The molecule has 0 aliphatic rings. The van der Waals surface area contributed by atoms with Crippen LogP contribution in [0.15, 0.2) is 12.5 Å². The summed E-state index contributed by atoms with van der Waals surface area (Å²) >= 11 is 0. The number of nitrogens with zero attached hydrogens (tertiary/aromatic N) is 2. The zero-order valence-corrected chi connectivity index (χ0v) is 12.4. The summed E-state index contributed by atoms with van der Waals surface area (Å²) in [5, 5.41) is 3.19. The van der Waals surface area contributed by atoms with Crippen LogP contribution in [0.25, 0.3) is 0 Å². The van der Waals surface area contributed by atoms with E-state index in [9.17, 15) is 8.42 Å². The maximum Gasteiger partial charge on any atom is 0.153 e. The standard InChI is InChI=1S/C12H23N3O2S/c1-5-6-15-10-14-8-11(15)7-13-9-12(2,3)18(4,16)17/h8,10,13H,5-7,9H2,1-4H3. The zero-order chi connectivity index (χ0) is 13.8. The van der Waals surface area contributed by atoms with Crippen LogP contribution in [-0.4, -0.2) is 35.5 Å². The Morgan fingerprint density at radius 3 is 2.67 bits per heavy atom. The second-order valence-corrected chi connectivity index (χ2v) is 7.86. The Labute approximate surface area is 110 Å². The van der Waals surface area contributed by atoms with Gasteiger partial charge in [0.1, 0.15) is 0 Å². The minimum absolute atomic E-state index is 0.434. The topological polar surface area (TPSA) is 64.0 Å². The van der Waals surface area contributed by atoms with E-state index in [2.05, 4.69) is 21.8 Å². The highest BCUT2D eigenvalue weighted by atomic mass is 32.2. The third-order valence-electron chi connectivity index (χ3n) is 3.12. The van der Waals surface area contributed by atoms with Crippen molar-refractivity contribution in [1.29, 1.82) is 0 Å². The van der Waals surface area contributed by atoms with Crippen molar-refractivity contribution in [2.75, 3.05) is 12.8 Å². The SMILES string of the molecule is CCCn1cncc1CNCC(C)(C)S(C)(=O)=O. The molecule has 1 aromatic rings. The molecule has 0 saturated carbocycles. The molecule has 1 rings (SSSR count). The largest absolute Gasteiger partial charge is 0.333 e. The molecule has 0 saturated heterocycles. The van der Waals surface area contributed by atoms with Gasteiger partial charge in [-0.15, -0.1) is 0 Å². The normalized spacial score (nSPS) is 12.9. The van der Waals surface area contributed by atoms with Crippen molar-refractivity contribution in [3.8, 4) is 0 Å². The number of imidazole rings is 1. The Hall–Kier alpha value is -0.880. The van der Waals surface area contributed by atoms with Crippen LogP contribution in [0.4, 0.5) is 0 Å². The van der Waals surface area contributed by atoms with Gasteiger partial charge in [-0.1, -0.05) is 6.92 Å². The summed E-state index contributed by atoms with van der Waals surface area (Å²) in [6, 6.07) is 0. The molecule has 0 atom stereocenters. The molecule has 104 valence electrons. The highest BCUT2D eigenvalue weighted by Crippen LogP contribution is 2.13. The second kappa shape index (κ2) is 5.84. The number of rotatable bonds is 7. The first kappa shape index (κ1) is 15.2. The molecule has 0 unspecified atom stereocenters. The van der Waals surface area contributed by atoms with E-state index in [4.69, 9.17) is 0 Å². The van der Waals surface area contributed by atoms with Crippen molar-refractivity contribution in [1.82, 2.24) is 14.9 Å². The maximum atomic E-state index is 11.6. The predicted molar refractivity (Wildman–Crippen MR) is 73.1 cm³/mol. The molecule has 0 fully saturated rings. The first-order chi connectivity index (χ1) is 8.28. The number of hydrogen-bond acceptors (Lipinski definition) is 4. The van der Waals surface area contributed by atoms with E-state index in [-0.39, 0.29) is 0 Å². The van der Waals surface area contributed by atoms with Crippen LogP contribution >= 0.6 is 0 Å². The summed E-state index contributed by atoms with van der Waals surface area (Å²) in [6.45, 7) is 7.59. The molecule has 1 aromatic heterocycles. The van der Waals surface area contributed by atoms with Gasteiger partial charge in [-0.05, 0) is 20.3 Å². The van der Waals surface area contributed by atoms with Gasteiger partial charge in [-0.3, -0.25) is 0 Å². The number of aryl methyl sites for hydroxylation is 1. The Kier molecular flexibility index (Phi) is 4.92. The first-order valence-corrected chi connectivity index (χ1v) is 8.06. The van der Waals surface area contributed by atoms with Crippen LogP contribution in [0, 0.1) is 0 Å². The number of nitrogens with one attached hydrogen (secondary N) is 1. The van der Waals surface area contributed by atoms with Gasteiger partial charge in [0.05, 0.1) is 16.8 Å². The van der Waals surface area contributed by atoms with E-state index in [1.54, 1.807) is 13.8 Å². The zero-order valence-electron chi connectivity index (χ0n) is 11.6. The van der Waals surface area contributed by atoms with E-state index in [1.807, 2.05) is 12.5 Å². The molecule has 1 N–H and O–H groups in total. The summed E-state index contributed by atoms with van der Waals surface area (Å²) in [7, 11) is -3.05. The quantitative estimate of drug-likeness (QED) is 0.811. The minimum atomic E-state index is -3.05. The summed E-state index contributed by atoms with van der Waals surface area (Å²) in [4.78, 5) is 4.11. The molecular formula is C12H23N3O2S. The van der Waals surface area contributed by atoms with Crippen LogP contribution in [0.1, 0.15) is 32.9 Å². The van der Waals surface area contributed by atoms with Gasteiger partial charge < -0.3 is 9.88 Å². The summed E-state index contributed by atoms with van der Waals surface area (Å²) in [5.41, 5.74) is 1.08. The van der Waals surface area contributed by atoms with Gasteiger partial charge in [-0.25, -0.2) is 13.4 Å². The average Bonchev–Trinajstić information content (AvgIpc) is 2.64. The van der Waals surface area contributed by atoms with Crippen molar-refractivity contribution in [2.45, 2.75) is 45.0 Å². The fraction of sp³-hybridized carbons (Fsp3) is 0.750. The lowest BCUT2D eigenvalue weighted by atomic mass is 10.2. The summed E-state index contributed by atoms with van der Waals surface area (Å²) in [6.07, 6.45) is 5.95. The molecule has 0 amide bonds. The molecular weight excluding hydrogens is 250 g/mol. The van der Waals surface area contributed by atoms with Crippen LogP contribution in [0.2, 0.25) is 0 Å². The van der Waals surface area contributed by atoms with E-state index in [0.717, 1.165) is 18.7 Å². The Balaban J connectivity index is 2.54. The van der Waals surface area contributed by atoms with Crippen molar-refractivity contribution < 1.29 is 8.42 Å². The Morgan fingerprint density at radius 2 is 2.11 bits per heavy atom. The average molecular weight is 273 g/mol. The lowest BCUT2D eigenvalue weighted by Crippen LogP contribution is -2.41. The van der Waals surface area contributed by atoms with Gasteiger partial charge in [0.15, 0.2) is 9.84 Å². The molecule has 0 radical (unpaired) electrons. The van der Waals surface area contributed by atoms with Gasteiger partial charge >= 0.3 is 0 Å². The van der Waals surface area contributed by atoms with Gasteiger partial charge in [0, 0.05) is 32.1 Å². The van der Waals surface area contributed by atoms with Crippen molar-refractivity contribution >= 4 is 9.84 Å². The van der Waals surface area contributed by atoms with E-state index in [0.29, 0.717) is 13.1 Å². The minimum Gasteiger partial charge on any atom is -0.333 e. The van der Waals surface area contributed by atoms with Crippen LogP contribution in [0.5, 0.6) is 0 Å². The smallest absolute Gasteiger partial charge is 0.153 e. The number of hydrogen-bond donors (Lipinski definition) is 1. The summed E-state index contributed by atoms with van der Waals surface area (Å²) in [5.74, 6) is 0. The highest BCUT2D eigenvalue weighted by molar-refractivity contribution is 7.92. The van der Waals surface area contributed by atoms with Crippen LogP contribution in [0.3, 0.4) is 0 Å². The maximum absolute atomic E-state index is 11.6. The lowest BCUT2D eigenvalue weighted by molar-refractivity contribution is 0.513. The predicted octanol–water partition coefficient (Wildman–Crippen LogP) is 1.21. The molecule has 0 aliphatic heterocycles. The van der Waals surface area contributed by atoms with Gasteiger partial charge in [0.25, 0.3) is 0 Å². The molecule has 6 heteroatoms. The van der Waals surface area contributed by atoms with Gasteiger partial charge in [-0.2, -0.15) is 0 Å². The number of aromatic nitrogens is 2. The van der Waals surface area contributed by atoms with Crippen LogP contribution < -0.4 is 5.32 Å². The molecule has 1 heterocycles. The molecule has 0 spiro atoms. The Bertz CT molecular complexity index is 477. The Morgan fingerprint density at radius 1 is 1.44 bits per heavy atom. The molecule has 0 aromatic carbocycles. The lowest BCUT2D eigenvalue weighted by Gasteiger charge is -2.23. The van der Waals surface area contributed by atoms with Crippen LogP contribution in [-0.2, 0) is 22.9 Å². The fourth-order valence-corrected chi connectivity index (χ4v) is 1.92. The molecule has 0 bridgehead atoms. The van der Waals surface area contributed by atoms with Gasteiger partial charge in [0.2, 0.25) is 0 Å². The molecule has 5 nitrogen and oxygen atoms in total. The number of sulfone groups is 1. The third kappa shape index (κ3) is 3.81. The van der Waals surface area contributed by atoms with E-state index >= 15 is 0 Å². The molecule has 0 aliphatic carbocycles. The van der Waals surface area contributed by atoms with E-state index < -0.39 is 14.6 Å². The first-order valence-electron chi connectivity index (χ1n) is 6.17. The third-order valence-corrected chi connectivity index (χ3v) is 5.28. The van der Waals surface area contributed by atoms with Crippen molar-refractivity contribution in [3.05, 3.63) is 18.2 Å².